The van der Waals surface area contributed by atoms with Crippen molar-refractivity contribution in [3.63, 3.8) is 0 Å². The molecule has 2 nitrogen and oxygen atoms in total. The summed E-state index contributed by atoms with van der Waals surface area (Å²) >= 11 is 0. The second-order valence-corrected chi connectivity index (χ2v) is 5.68. The average Bonchev–Trinajstić information content (AvgIpc) is 2.50. The van der Waals surface area contributed by atoms with Crippen molar-refractivity contribution in [1.82, 2.24) is 0 Å². The molecule has 0 atom stereocenters. The summed E-state index contributed by atoms with van der Waals surface area (Å²) in [4.78, 5) is 10.2. The molecule has 0 amide bonds. The topological polar surface area (TPSA) is 40.1 Å². The summed E-state index contributed by atoms with van der Waals surface area (Å²) in [5.41, 5.74) is 0. The van der Waals surface area contributed by atoms with Gasteiger partial charge < -0.3 is 9.90 Å². The number of hydrogen-bond acceptors (Lipinski definition) is 2. The van der Waals surface area contributed by atoms with E-state index in [4.69, 9.17) is 0 Å². The number of carbonyl (C=O) groups excluding carboxylic acids is 1. The normalized spacial score (nSPS) is 12.0. The van der Waals surface area contributed by atoms with Gasteiger partial charge in [0.05, 0.1) is 0 Å². The van der Waals surface area contributed by atoms with Gasteiger partial charge >= 0.3 is 0 Å². The Balaban J connectivity index is 3.20. The third-order valence-electron chi connectivity index (χ3n) is 3.53. The number of carbonyl (C=O) groups is 1. The van der Waals surface area contributed by atoms with Gasteiger partial charge in [-0.25, -0.2) is 0 Å². The van der Waals surface area contributed by atoms with Gasteiger partial charge in [0.15, 0.2) is 0 Å². The van der Waals surface area contributed by atoms with Gasteiger partial charge in [-0.2, -0.15) is 0 Å². The maximum absolute atomic E-state index is 10.2. The summed E-state index contributed by atoms with van der Waals surface area (Å²) in [7, 11) is 0. The fraction of sp³-hybridized carbons (Fsp3) is 0.650. The number of allylic oxidation sites excluding steroid dienone is 6. The van der Waals surface area contributed by atoms with Crippen molar-refractivity contribution in [2.24, 2.45) is 0 Å². The van der Waals surface area contributed by atoms with Crippen LogP contribution in [0.5, 0.6) is 0 Å². The molecule has 0 radical (unpaired) electrons. The minimum atomic E-state index is -0.918. The molecular formula is C20H33O2-. The summed E-state index contributed by atoms with van der Waals surface area (Å²) in [5, 5.41) is 10.2. The zero-order chi connectivity index (χ0) is 16.3. The molecule has 0 fully saturated rings. The lowest BCUT2D eigenvalue weighted by molar-refractivity contribution is -0.305. The molecule has 0 aromatic carbocycles. The monoisotopic (exact) mass is 305 g/mol. The number of aliphatic carboxylic acids is 1. The van der Waals surface area contributed by atoms with Gasteiger partial charge in [0.25, 0.3) is 0 Å². The van der Waals surface area contributed by atoms with Crippen LogP contribution in [0.3, 0.4) is 0 Å². The largest absolute Gasteiger partial charge is 0.550 e. The van der Waals surface area contributed by atoms with Crippen LogP contribution in [-0.2, 0) is 4.79 Å². The highest BCUT2D eigenvalue weighted by molar-refractivity contribution is 5.63. The molecular weight excluding hydrogens is 272 g/mol. The Hall–Kier alpha value is -1.31. The van der Waals surface area contributed by atoms with E-state index in [2.05, 4.69) is 43.4 Å². The van der Waals surface area contributed by atoms with Crippen LogP contribution in [0.4, 0.5) is 0 Å². The third kappa shape index (κ3) is 18.7. The van der Waals surface area contributed by atoms with Crippen LogP contribution in [0, 0.1) is 0 Å². The maximum atomic E-state index is 10.2. The van der Waals surface area contributed by atoms with Gasteiger partial charge in [-0.1, -0.05) is 75.5 Å². The number of carboxylic acid groups (broad SMARTS) is 1. The van der Waals surface area contributed by atoms with E-state index in [-0.39, 0.29) is 6.42 Å². The molecule has 0 saturated carbocycles. The molecule has 0 rings (SSSR count). The van der Waals surface area contributed by atoms with Crippen molar-refractivity contribution in [2.45, 2.75) is 84.0 Å². The maximum Gasteiger partial charge on any atom is 0.0414 e. The number of unbranched alkanes of at least 4 members (excludes halogenated alkanes) is 7. The van der Waals surface area contributed by atoms with Gasteiger partial charge in [-0.05, 0) is 44.9 Å². The highest BCUT2D eigenvalue weighted by atomic mass is 16.4. The predicted octanol–water partition coefficient (Wildman–Crippen LogP) is 5.11. The number of carboxylic acids is 1. The van der Waals surface area contributed by atoms with E-state index in [0.29, 0.717) is 0 Å². The second kappa shape index (κ2) is 17.7. The second-order valence-electron chi connectivity index (χ2n) is 5.68. The minimum Gasteiger partial charge on any atom is -0.550 e. The molecule has 0 aliphatic heterocycles. The van der Waals surface area contributed by atoms with Gasteiger partial charge in [-0.15, -0.1) is 0 Å². The van der Waals surface area contributed by atoms with Crippen LogP contribution in [0.15, 0.2) is 36.5 Å². The lowest BCUT2D eigenvalue weighted by Gasteiger charge is -2.02. The van der Waals surface area contributed by atoms with Crippen LogP contribution in [0.1, 0.15) is 84.0 Å². The summed E-state index contributed by atoms with van der Waals surface area (Å²) in [6, 6.07) is 0. The molecule has 0 unspecified atom stereocenters. The van der Waals surface area contributed by atoms with Crippen molar-refractivity contribution in [1.29, 1.82) is 0 Å². The van der Waals surface area contributed by atoms with Crippen LogP contribution >= 0.6 is 0 Å². The quantitative estimate of drug-likeness (QED) is 0.312. The zero-order valence-electron chi connectivity index (χ0n) is 14.3. The highest BCUT2D eigenvalue weighted by Crippen LogP contribution is 2.09. The molecule has 126 valence electrons. The lowest BCUT2D eigenvalue weighted by atomic mass is 10.1. The van der Waals surface area contributed by atoms with Crippen LogP contribution in [0.25, 0.3) is 0 Å². The number of hydrogen-bond donors (Lipinski definition) is 0. The molecule has 22 heavy (non-hydrogen) atoms. The first-order chi connectivity index (χ1) is 10.8. The van der Waals surface area contributed by atoms with E-state index in [1.54, 1.807) is 0 Å². The molecule has 0 aliphatic rings. The molecule has 2 heteroatoms. The standard InChI is InChI=1S/C20H34O2/c1-2-3-4-5-6-7-8-9-10-11-12-13-14-15-16-17-18-19-20(21)22/h3-4,6-7,9-10H,2,5,8,11-19H2,1H3,(H,21,22)/p-1/b4-3+,7-6+,10-9+. The summed E-state index contributed by atoms with van der Waals surface area (Å²) in [5.74, 6) is -0.918. The van der Waals surface area contributed by atoms with E-state index >= 15 is 0 Å². The van der Waals surface area contributed by atoms with E-state index in [0.717, 1.165) is 38.5 Å². The van der Waals surface area contributed by atoms with Crippen molar-refractivity contribution >= 4 is 5.97 Å². The van der Waals surface area contributed by atoms with Crippen LogP contribution in [0.2, 0.25) is 0 Å². The third-order valence-corrected chi connectivity index (χ3v) is 3.53. The first-order valence-corrected chi connectivity index (χ1v) is 8.92. The fourth-order valence-electron chi connectivity index (χ4n) is 2.24. The Kier molecular flexibility index (Phi) is 16.7. The van der Waals surface area contributed by atoms with Gasteiger partial charge in [-0.3, -0.25) is 0 Å². The Labute approximate surface area is 137 Å². The molecule has 0 aromatic rings. The highest BCUT2D eigenvalue weighted by Gasteiger charge is 1.92. The molecule has 0 N–H and O–H groups in total. The van der Waals surface area contributed by atoms with Crippen molar-refractivity contribution < 1.29 is 9.90 Å². The molecule has 0 aliphatic carbocycles. The first kappa shape index (κ1) is 20.7. The van der Waals surface area contributed by atoms with Gasteiger partial charge in [0, 0.05) is 5.97 Å². The molecule has 0 saturated heterocycles. The van der Waals surface area contributed by atoms with E-state index in [1.807, 2.05) is 0 Å². The Morgan fingerprint density at radius 1 is 0.727 bits per heavy atom. The molecule has 0 heterocycles. The Bertz CT molecular complexity index is 327. The van der Waals surface area contributed by atoms with Crippen molar-refractivity contribution in [2.75, 3.05) is 0 Å². The summed E-state index contributed by atoms with van der Waals surface area (Å²) in [6.45, 7) is 2.15. The van der Waals surface area contributed by atoms with Crippen molar-refractivity contribution in [3.8, 4) is 0 Å². The zero-order valence-corrected chi connectivity index (χ0v) is 14.3. The lowest BCUT2D eigenvalue weighted by Crippen LogP contribution is -2.21. The summed E-state index contributed by atoms with van der Waals surface area (Å²) in [6.07, 6.45) is 26.0. The molecule has 0 aromatic heterocycles. The summed E-state index contributed by atoms with van der Waals surface area (Å²) < 4.78 is 0. The number of rotatable bonds is 15. The minimum absolute atomic E-state index is 0.216. The van der Waals surface area contributed by atoms with E-state index in [9.17, 15) is 9.90 Å². The van der Waals surface area contributed by atoms with Gasteiger partial charge in [0.2, 0.25) is 0 Å². The molecule has 0 spiro atoms. The van der Waals surface area contributed by atoms with Crippen LogP contribution in [-0.4, -0.2) is 5.97 Å². The van der Waals surface area contributed by atoms with Crippen LogP contribution < -0.4 is 5.11 Å². The molecule has 0 bridgehead atoms. The van der Waals surface area contributed by atoms with E-state index in [1.165, 1.54) is 32.1 Å². The van der Waals surface area contributed by atoms with E-state index < -0.39 is 5.97 Å². The Morgan fingerprint density at radius 2 is 1.23 bits per heavy atom. The van der Waals surface area contributed by atoms with Crippen molar-refractivity contribution in [3.05, 3.63) is 36.5 Å². The fourth-order valence-corrected chi connectivity index (χ4v) is 2.24. The smallest absolute Gasteiger partial charge is 0.0414 e. The first-order valence-electron chi connectivity index (χ1n) is 8.92. The van der Waals surface area contributed by atoms with Gasteiger partial charge in [0.1, 0.15) is 0 Å². The SMILES string of the molecule is CC/C=C/C/C=C/C/C=C/CCCCCCCCCC(=O)[O-]. The Morgan fingerprint density at radius 3 is 1.82 bits per heavy atom. The average molecular weight is 305 g/mol. The predicted molar refractivity (Wildman–Crippen MR) is 93.5 cm³/mol.